The Kier molecular flexibility index (Phi) is 6.41. The van der Waals surface area contributed by atoms with Crippen molar-refractivity contribution >= 4 is 17.5 Å². The standard InChI is InChI=1S/C20H30N2O2/c1-5-18-8-6-7-16(3)20(18)22(17(4)23)14-11-19(24)21-12-9-15(2)10-13-21/h6-8,15H,5,9-14H2,1-4H3. The van der Waals surface area contributed by atoms with Crippen LogP contribution in [0.3, 0.4) is 0 Å². The maximum atomic E-state index is 12.5. The first-order chi connectivity index (χ1) is 11.4. The van der Waals surface area contributed by atoms with Crippen molar-refractivity contribution in [2.75, 3.05) is 24.5 Å². The number of carbonyl (C=O) groups excluding carboxylic acids is 2. The number of hydrogen-bond acceptors (Lipinski definition) is 2. The highest BCUT2D eigenvalue weighted by molar-refractivity contribution is 5.94. The molecule has 0 aromatic heterocycles. The molecule has 4 heteroatoms. The number of hydrogen-bond donors (Lipinski definition) is 0. The van der Waals surface area contributed by atoms with E-state index in [9.17, 15) is 9.59 Å². The molecular weight excluding hydrogens is 300 g/mol. The molecule has 2 rings (SSSR count). The summed E-state index contributed by atoms with van der Waals surface area (Å²) in [6.45, 7) is 10.1. The van der Waals surface area contributed by atoms with Gasteiger partial charge in [0.2, 0.25) is 11.8 Å². The predicted octanol–water partition coefficient (Wildman–Crippen LogP) is 3.56. The molecule has 24 heavy (non-hydrogen) atoms. The third kappa shape index (κ3) is 4.37. The topological polar surface area (TPSA) is 40.6 Å². The lowest BCUT2D eigenvalue weighted by molar-refractivity contribution is -0.132. The van der Waals surface area contributed by atoms with E-state index in [4.69, 9.17) is 0 Å². The smallest absolute Gasteiger partial charge is 0.224 e. The van der Waals surface area contributed by atoms with Gasteiger partial charge in [0.15, 0.2) is 0 Å². The van der Waals surface area contributed by atoms with Crippen molar-refractivity contribution in [2.24, 2.45) is 5.92 Å². The molecule has 0 atom stereocenters. The van der Waals surface area contributed by atoms with E-state index in [-0.39, 0.29) is 11.8 Å². The quantitative estimate of drug-likeness (QED) is 0.828. The van der Waals surface area contributed by atoms with Gasteiger partial charge in [0.1, 0.15) is 0 Å². The van der Waals surface area contributed by atoms with Gasteiger partial charge >= 0.3 is 0 Å². The van der Waals surface area contributed by atoms with E-state index >= 15 is 0 Å². The second-order valence-corrected chi connectivity index (χ2v) is 6.92. The lowest BCUT2D eigenvalue weighted by Crippen LogP contribution is -2.40. The summed E-state index contributed by atoms with van der Waals surface area (Å²) in [5, 5.41) is 0. The zero-order valence-electron chi connectivity index (χ0n) is 15.5. The van der Waals surface area contributed by atoms with Crippen molar-refractivity contribution in [1.29, 1.82) is 0 Å². The summed E-state index contributed by atoms with van der Waals surface area (Å²) < 4.78 is 0. The Labute approximate surface area is 145 Å². The molecule has 0 bridgehead atoms. The van der Waals surface area contributed by atoms with E-state index in [0.717, 1.165) is 49.2 Å². The molecule has 1 saturated heterocycles. The van der Waals surface area contributed by atoms with Crippen LogP contribution in [0.15, 0.2) is 18.2 Å². The minimum atomic E-state index is -0.000864. The van der Waals surface area contributed by atoms with Crippen LogP contribution in [0.4, 0.5) is 5.69 Å². The first-order valence-electron chi connectivity index (χ1n) is 9.08. The van der Waals surface area contributed by atoms with Crippen LogP contribution in [0.5, 0.6) is 0 Å². The van der Waals surface area contributed by atoms with E-state index in [0.29, 0.717) is 18.9 Å². The average Bonchev–Trinajstić information content (AvgIpc) is 2.56. The van der Waals surface area contributed by atoms with E-state index in [2.05, 4.69) is 19.9 Å². The second kappa shape index (κ2) is 8.32. The Bertz CT molecular complexity index is 589. The van der Waals surface area contributed by atoms with Crippen LogP contribution in [0.1, 0.15) is 51.2 Å². The van der Waals surface area contributed by atoms with Crippen LogP contribution in [-0.4, -0.2) is 36.3 Å². The summed E-state index contributed by atoms with van der Waals surface area (Å²) in [5.74, 6) is 0.876. The van der Waals surface area contributed by atoms with Crippen LogP contribution in [-0.2, 0) is 16.0 Å². The molecule has 132 valence electrons. The van der Waals surface area contributed by atoms with E-state index in [1.54, 1.807) is 11.8 Å². The van der Waals surface area contributed by atoms with Crippen molar-refractivity contribution in [3.8, 4) is 0 Å². The Morgan fingerprint density at radius 1 is 1.25 bits per heavy atom. The SMILES string of the molecule is CCc1cccc(C)c1N(CCC(=O)N1CCC(C)CC1)C(C)=O. The lowest BCUT2D eigenvalue weighted by atomic mass is 9.99. The summed E-state index contributed by atoms with van der Waals surface area (Å²) in [6, 6.07) is 6.11. The fourth-order valence-corrected chi connectivity index (χ4v) is 3.44. The molecule has 0 saturated carbocycles. The molecule has 0 unspecified atom stereocenters. The largest absolute Gasteiger partial charge is 0.343 e. The van der Waals surface area contributed by atoms with Crippen LogP contribution in [0.2, 0.25) is 0 Å². The average molecular weight is 330 g/mol. The van der Waals surface area contributed by atoms with Crippen molar-refractivity contribution < 1.29 is 9.59 Å². The maximum Gasteiger partial charge on any atom is 0.224 e. The number of likely N-dealkylation sites (tertiary alicyclic amines) is 1. The van der Waals surface area contributed by atoms with E-state index in [1.165, 1.54) is 0 Å². The minimum absolute atomic E-state index is 0.000864. The molecule has 1 aliphatic heterocycles. The van der Waals surface area contributed by atoms with E-state index in [1.807, 2.05) is 24.0 Å². The molecule has 0 N–H and O–H groups in total. The van der Waals surface area contributed by atoms with Crippen molar-refractivity contribution in [3.63, 3.8) is 0 Å². The van der Waals surface area contributed by atoms with Crippen molar-refractivity contribution in [3.05, 3.63) is 29.3 Å². The van der Waals surface area contributed by atoms with Gasteiger partial charge in [0.05, 0.1) is 0 Å². The van der Waals surface area contributed by atoms with Gasteiger partial charge in [-0.05, 0) is 43.2 Å². The Hall–Kier alpha value is -1.84. The van der Waals surface area contributed by atoms with Crippen LogP contribution in [0, 0.1) is 12.8 Å². The van der Waals surface area contributed by atoms with Gasteiger partial charge in [-0.1, -0.05) is 32.0 Å². The Morgan fingerprint density at radius 3 is 2.50 bits per heavy atom. The van der Waals surface area contributed by atoms with Crippen LogP contribution < -0.4 is 4.90 Å². The van der Waals surface area contributed by atoms with E-state index < -0.39 is 0 Å². The predicted molar refractivity (Wildman–Crippen MR) is 98.2 cm³/mol. The van der Waals surface area contributed by atoms with Crippen LogP contribution >= 0.6 is 0 Å². The highest BCUT2D eigenvalue weighted by Crippen LogP contribution is 2.26. The molecule has 1 aromatic rings. The zero-order chi connectivity index (χ0) is 17.7. The number of carbonyl (C=O) groups is 2. The molecule has 1 fully saturated rings. The molecule has 0 aliphatic carbocycles. The highest BCUT2D eigenvalue weighted by Gasteiger charge is 2.23. The van der Waals surface area contributed by atoms with Gasteiger partial charge < -0.3 is 9.80 Å². The molecule has 0 spiro atoms. The first-order valence-corrected chi connectivity index (χ1v) is 9.08. The summed E-state index contributed by atoms with van der Waals surface area (Å²) in [6.07, 6.45) is 3.43. The molecular formula is C20H30N2O2. The number of amides is 2. The molecule has 1 aromatic carbocycles. The summed E-state index contributed by atoms with van der Waals surface area (Å²) >= 11 is 0. The summed E-state index contributed by atoms with van der Waals surface area (Å²) in [5.41, 5.74) is 3.22. The molecule has 1 heterocycles. The first kappa shape index (κ1) is 18.5. The molecule has 2 amide bonds. The number of benzene rings is 1. The molecule has 0 radical (unpaired) electrons. The fourth-order valence-electron chi connectivity index (χ4n) is 3.44. The number of para-hydroxylation sites is 1. The number of anilines is 1. The summed E-state index contributed by atoms with van der Waals surface area (Å²) in [4.78, 5) is 28.4. The lowest BCUT2D eigenvalue weighted by Gasteiger charge is -2.31. The number of nitrogens with zero attached hydrogens (tertiary/aromatic N) is 2. The maximum absolute atomic E-state index is 12.5. The Morgan fingerprint density at radius 2 is 1.92 bits per heavy atom. The fraction of sp³-hybridized carbons (Fsp3) is 0.600. The molecule has 4 nitrogen and oxygen atoms in total. The zero-order valence-corrected chi connectivity index (χ0v) is 15.5. The van der Waals surface area contributed by atoms with Gasteiger partial charge in [0, 0.05) is 38.7 Å². The Balaban J connectivity index is 2.07. The third-order valence-electron chi connectivity index (χ3n) is 5.04. The monoisotopic (exact) mass is 330 g/mol. The normalized spacial score (nSPS) is 15.4. The van der Waals surface area contributed by atoms with Crippen molar-refractivity contribution in [1.82, 2.24) is 4.90 Å². The van der Waals surface area contributed by atoms with Gasteiger partial charge in [-0.2, -0.15) is 0 Å². The van der Waals surface area contributed by atoms with Gasteiger partial charge in [-0.25, -0.2) is 0 Å². The molecule has 1 aliphatic rings. The highest BCUT2D eigenvalue weighted by atomic mass is 16.2. The second-order valence-electron chi connectivity index (χ2n) is 6.92. The van der Waals surface area contributed by atoms with Gasteiger partial charge in [-0.3, -0.25) is 9.59 Å². The number of piperidine rings is 1. The summed E-state index contributed by atoms with van der Waals surface area (Å²) in [7, 11) is 0. The van der Waals surface area contributed by atoms with Gasteiger partial charge in [-0.15, -0.1) is 0 Å². The van der Waals surface area contributed by atoms with Crippen LogP contribution in [0.25, 0.3) is 0 Å². The third-order valence-corrected chi connectivity index (χ3v) is 5.04. The minimum Gasteiger partial charge on any atom is -0.343 e. The number of aryl methyl sites for hydroxylation is 2. The van der Waals surface area contributed by atoms with Gasteiger partial charge in [0.25, 0.3) is 0 Å². The number of rotatable bonds is 5. The van der Waals surface area contributed by atoms with Crippen molar-refractivity contribution in [2.45, 2.75) is 53.4 Å².